The molecular weight excluding hydrogens is 240 g/mol. The van der Waals surface area contributed by atoms with Crippen LogP contribution >= 0.6 is 11.6 Å². The summed E-state index contributed by atoms with van der Waals surface area (Å²) in [5.41, 5.74) is 5.10. The first-order valence-corrected chi connectivity index (χ1v) is 4.67. The summed E-state index contributed by atoms with van der Waals surface area (Å²) in [7, 11) is 0. The molecule has 2 N–H and O–H groups in total. The van der Waals surface area contributed by atoms with Gasteiger partial charge in [-0.25, -0.2) is 8.78 Å². The third-order valence-corrected chi connectivity index (χ3v) is 2.17. The summed E-state index contributed by atoms with van der Waals surface area (Å²) in [6, 6.07) is 1.74. The highest BCUT2D eigenvalue weighted by atomic mass is 35.5. The normalized spacial score (nSPS) is 10.8. The third kappa shape index (κ3) is 1.89. The van der Waals surface area contributed by atoms with Crippen LogP contribution in [0.2, 0.25) is 5.02 Å². The highest BCUT2D eigenvalue weighted by Crippen LogP contribution is 2.26. The molecule has 0 saturated heterocycles. The lowest BCUT2D eigenvalue weighted by atomic mass is 10.2. The smallest absolute Gasteiger partial charge is 0.250 e. The van der Waals surface area contributed by atoms with Gasteiger partial charge in [0, 0.05) is 0 Å². The van der Waals surface area contributed by atoms with Crippen molar-refractivity contribution in [2.75, 3.05) is 0 Å². The maximum Gasteiger partial charge on any atom is 0.250 e. The Kier molecular flexibility index (Phi) is 2.84. The third-order valence-electron chi connectivity index (χ3n) is 1.88. The Morgan fingerprint density at radius 1 is 1.25 bits per heavy atom. The van der Waals surface area contributed by atoms with E-state index in [1.165, 1.54) is 0 Å². The van der Waals surface area contributed by atoms with Gasteiger partial charge in [-0.15, -0.1) is 10.2 Å². The molecule has 1 aromatic carbocycles. The maximum absolute atomic E-state index is 13.4. The van der Waals surface area contributed by atoms with Crippen LogP contribution in [-0.2, 0) is 6.54 Å². The standard InChI is InChI=1S/C9H6ClF2N3O/c10-5-2-6(11)4(1-7(5)12)9-15-14-8(3-13)16-9/h1-2H,3,13H2. The summed E-state index contributed by atoms with van der Waals surface area (Å²) in [6.07, 6.45) is 0. The molecule has 16 heavy (non-hydrogen) atoms. The molecule has 0 radical (unpaired) electrons. The van der Waals surface area contributed by atoms with Gasteiger partial charge in [-0.2, -0.15) is 0 Å². The zero-order chi connectivity index (χ0) is 11.7. The molecule has 0 unspecified atom stereocenters. The minimum absolute atomic E-state index is 0.0324. The second-order valence-corrected chi connectivity index (χ2v) is 3.36. The van der Waals surface area contributed by atoms with Crippen LogP contribution in [0.1, 0.15) is 5.89 Å². The van der Waals surface area contributed by atoms with E-state index in [0.29, 0.717) is 0 Å². The quantitative estimate of drug-likeness (QED) is 0.823. The van der Waals surface area contributed by atoms with Crippen LogP contribution in [0.15, 0.2) is 16.5 Å². The molecule has 0 aliphatic heterocycles. The van der Waals surface area contributed by atoms with Gasteiger partial charge in [0.25, 0.3) is 5.89 Å². The lowest BCUT2D eigenvalue weighted by Gasteiger charge is -1.99. The van der Waals surface area contributed by atoms with E-state index in [-0.39, 0.29) is 28.9 Å². The molecule has 0 aliphatic rings. The Labute approximate surface area is 94.0 Å². The molecule has 0 fully saturated rings. The molecule has 2 aromatic rings. The van der Waals surface area contributed by atoms with Gasteiger partial charge in [-0.1, -0.05) is 11.6 Å². The van der Waals surface area contributed by atoms with Crippen molar-refractivity contribution in [3.8, 4) is 11.5 Å². The van der Waals surface area contributed by atoms with Gasteiger partial charge in [0.2, 0.25) is 5.89 Å². The largest absolute Gasteiger partial charge is 0.419 e. The first-order valence-electron chi connectivity index (χ1n) is 4.29. The van der Waals surface area contributed by atoms with E-state index >= 15 is 0 Å². The molecule has 0 atom stereocenters. The van der Waals surface area contributed by atoms with Crippen molar-refractivity contribution in [1.29, 1.82) is 0 Å². The minimum atomic E-state index is -0.759. The molecule has 0 spiro atoms. The first kappa shape index (κ1) is 11.0. The minimum Gasteiger partial charge on any atom is -0.419 e. The predicted molar refractivity (Wildman–Crippen MR) is 52.6 cm³/mol. The van der Waals surface area contributed by atoms with Crippen LogP contribution in [0.4, 0.5) is 8.78 Å². The molecule has 1 heterocycles. The van der Waals surface area contributed by atoms with Crippen molar-refractivity contribution >= 4 is 11.6 Å². The topological polar surface area (TPSA) is 64.9 Å². The van der Waals surface area contributed by atoms with Crippen molar-refractivity contribution in [2.45, 2.75) is 6.54 Å². The van der Waals surface area contributed by atoms with Crippen LogP contribution in [0.25, 0.3) is 11.5 Å². The number of aromatic nitrogens is 2. The monoisotopic (exact) mass is 245 g/mol. The van der Waals surface area contributed by atoms with E-state index in [4.69, 9.17) is 21.8 Å². The number of hydrogen-bond acceptors (Lipinski definition) is 4. The number of nitrogens with zero attached hydrogens (tertiary/aromatic N) is 2. The van der Waals surface area contributed by atoms with Crippen molar-refractivity contribution in [3.63, 3.8) is 0 Å². The number of hydrogen-bond donors (Lipinski definition) is 1. The van der Waals surface area contributed by atoms with E-state index in [1.54, 1.807) is 0 Å². The van der Waals surface area contributed by atoms with Crippen LogP contribution in [-0.4, -0.2) is 10.2 Å². The zero-order valence-corrected chi connectivity index (χ0v) is 8.63. The number of rotatable bonds is 2. The van der Waals surface area contributed by atoms with Crippen molar-refractivity contribution in [1.82, 2.24) is 10.2 Å². The summed E-state index contributed by atoms with van der Waals surface area (Å²) < 4.78 is 31.5. The molecule has 0 bridgehead atoms. The summed E-state index contributed by atoms with van der Waals surface area (Å²) in [5.74, 6) is -1.48. The van der Waals surface area contributed by atoms with Crippen LogP contribution in [0.3, 0.4) is 0 Å². The molecular formula is C9H6ClF2N3O. The Morgan fingerprint density at radius 3 is 2.62 bits per heavy atom. The van der Waals surface area contributed by atoms with E-state index in [0.717, 1.165) is 12.1 Å². The molecule has 1 aromatic heterocycles. The number of benzene rings is 1. The predicted octanol–water partition coefficient (Wildman–Crippen LogP) is 2.13. The molecule has 0 amide bonds. The van der Waals surface area contributed by atoms with Gasteiger partial charge in [0.15, 0.2) is 0 Å². The Morgan fingerprint density at radius 2 is 2.00 bits per heavy atom. The molecule has 0 saturated carbocycles. The van der Waals surface area contributed by atoms with E-state index in [2.05, 4.69) is 10.2 Å². The van der Waals surface area contributed by atoms with Gasteiger partial charge in [0.1, 0.15) is 11.6 Å². The molecule has 2 rings (SSSR count). The van der Waals surface area contributed by atoms with Gasteiger partial charge in [-0.3, -0.25) is 0 Å². The van der Waals surface area contributed by atoms with Crippen LogP contribution in [0.5, 0.6) is 0 Å². The second kappa shape index (κ2) is 4.15. The average molecular weight is 246 g/mol. The molecule has 0 aliphatic carbocycles. The fraction of sp³-hybridized carbons (Fsp3) is 0.111. The van der Waals surface area contributed by atoms with Crippen LogP contribution in [0, 0.1) is 11.6 Å². The van der Waals surface area contributed by atoms with E-state index in [9.17, 15) is 8.78 Å². The summed E-state index contributed by atoms with van der Waals surface area (Å²) in [6.45, 7) is 0.0324. The fourth-order valence-electron chi connectivity index (χ4n) is 1.13. The number of halogens is 3. The highest BCUT2D eigenvalue weighted by Gasteiger charge is 2.15. The molecule has 84 valence electrons. The molecule has 7 heteroatoms. The Hall–Kier alpha value is -1.53. The Balaban J connectivity index is 2.51. The van der Waals surface area contributed by atoms with Gasteiger partial charge < -0.3 is 10.2 Å². The summed E-state index contributed by atoms with van der Waals surface area (Å²) in [4.78, 5) is 0. The summed E-state index contributed by atoms with van der Waals surface area (Å²) >= 11 is 5.40. The SMILES string of the molecule is NCc1nnc(-c2cc(F)c(Cl)cc2F)o1. The van der Waals surface area contributed by atoms with Gasteiger partial charge in [0.05, 0.1) is 17.1 Å². The molecule has 4 nitrogen and oxygen atoms in total. The highest BCUT2D eigenvalue weighted by molar-refractivity contribution is 6.30. The fourth-order valence-corrected chi connectivity index (χ4v) is 1.28. The van der Waals surface area contributed by atoms with E-state index < -0.39 is 11.6 Å². The van der Waals surface area contributed by atoms with Crippen molar-refractivity contribution in [3.05, 3.63) is 34.7 Å². The van der Waals surface area contributed by atoms with Crippen molar-refractivity contribution < 1.29 is 13.2 Å². The average Bonchev–Trinajstić information content (AvgIpc) is 2.71. The van der Waals surface area contributed by atoms with Gasteiger partial charge >= 0.3 is 0 Å². The van der Waals surface area contributed by atoms with Crippen molar-refractivity contribution in [2.24, 2.45) is 5.73 Å². The van der Waals surface area contributed by atoms with Gasteiger partial charge in [-0.05, 0) is 12.1 Å². The van der Waals surface area contributed by atoms with Crippen LogP contribution < -0.4 is 5.73 Å². The zero-order valence-electron chi connectivity index (χ0n) is 7.88. The number of nitrogens with two attached hydrogens (primary N) is 1. The van der Waals surface area contributed by atoms with E-state index in [1.807, 2.05) is 0 Å². The lowest BCUT2D eigenvalue weighted by Crippen LogP contribution is -1.95. The lowest BCUT2D eigenvalue weighted by molar-refractivity contribution is 0.503. The second-order valence-electron chi connectivity index (χ2n) is 2.95. The first-order chi connectivity index (χ1) is 7.61. The Bertz CT molecular complexity index is 529. The maximum atomic E-state index is 13.4. The summed E-state index contributed by atoms with van der Waals surface area (Å²) in [5, 5.41) is 6.78.